The third-order valence-corrected chi connectivity index (χ3v) is 6.67. The maximum atomic E-state index is 5.86. The van der Waals surface area contributed by atoms with Crippen LogP contribution in [0.3, 0.4) is 0 Å². The summed E-state index contributed by atoms with van der Waals surface area (Å²) < 4.78 is 5.64. The molecule has 174 valence electrons. The fourth-order valence-corrected chi connectivity index (χ4v) is 4.74. The number of benzene rings is 2. The van der Waals surface area contributed by atoms with Crippen LogP contribution in [0.1, 0.15) is 55.6 Å². The molecule has 1 N–H and O–H groups in total. The van der Waals surface area contributed by atoms with E-state index < -0.39 is 0 Å². The highest BCUT2D eigenvalue weighted by molar-refractivity contribution is 7.80. The van der Waals surface area contributed by atoms with Crippen LogP contribution < -0.4 is 10.2 Å². The van der Waals surface area contributed by atoms with E-state index in [-0.39, 0.29) is 0 Å². The third-order valence-electron chi connectivity index (χ3n) is 6.31. The average molecular weight is 462 g/mol. The Morgan fingerprint density at radius 3 is 2.76 bits per heavy atom. The zero-order valence-corrected chi connectivity index (χ0v) is 20.7. The van der Waals surface area contributed by atoms with Crippen LogP contribution >= 0.6 is 12.2 Å². The maximum Gasteiger partial charge on any atom is 0.174 e. The lowest BCUT2D eigenvalue weighted by Crippen LogP contribution is -2.34. The first kappa shape index (κ1) is 23.4. The van der Waals surface area contributed by atoms with Crippen LogP contribution in [0.4, 0.5) is 11.4 Å². The van der Waals surface area contributed by atoms with Gasteiger partial charge in [-0.2, -0.15) is 0 Å². The van der Waals surface area contributed by atoms with Crippen LogP contribution in [-0.2, 0) is 25.9 Å². The molecule has 5 heteroatoms. The van der Waals surface area contributed by atoms with Gasteiger partial charge in [-0.3, -0.25) is 0 Å². The summed E-state index contributed by atoms with van der Waals surface area (Å²) in [5.74, 6) is 0.908. The minimum Gasteiger partial charge on any atom is -0.467 e. The molecule has 1 aromatic heterocycles. The topological polar surface area (TPSA) is 31.6 Å². The fourth-order valence-electron chi connectivity index (χ4n) is 4.49. The normalized spacial score (nSPS) is 13.0. The summed E-state index contributed by atoms with van der Waals surface area (Å²) in [4.78, 5) is 4.74. The molecule has 0 aliphatic carbocycles. The number of anilines is 2. The second-order valence-electron chi connectivity index (χ2n) is 8.83. The summed E-state index contributed by atoms with van der Waals surface area (Å²) in [5, 5.41) is 4.16. The van der Waals surface area contributed by atoms with Gasteiger partial charge in [0.25, 0.3) is 0 Å². The molecule has 1 aliphatic heterocycles. The summed E-state index contributed by atoms with van der Waals surface area (Å²) in [6.45, 7) is 8.12. The van der Waals surface area contributed by atoms with Crippen molar-refractivity contribution >= 4 is 28.7 Å². The Hall–Kier alpha value is -2.79. The molecule has 33 heavy (non-hydrogen) atoms. The zero-order valence-electron chi connectivity index (χ0n) is 19.8. The van der Waals surface area contributed by atoms with E-state index in [2.05, 4.69) is 71.4 Å². The minimum absolute atomic E-state index is 0.631. The van der Waals surface area contributed by atoms with Gasteiger partial charge in [0, 0.05) is 31.0 Å². The predicted molar refractivity (Wildman–Crippen MR) is 142 cm³/mol. The summed E-state index contributed by atoms with van der Waals surface area (Å²) in [5.41, 5.74) is 6.48. The van der Waals surface area contributed by atoms with Crippen molar-refractivity contribution in [3.63, 3.8) is 0 Å². The van der Waals surface area contributed by atoms with Gasteiger partial charge >= 0.3 is 0 Å². The maximum absolute atomic E-state index is 5.86. The van der Waals surface area contributed by atoms with Crippen LogP contribution in [0.5, 0.6) is 0 Å². The molecule has 0 saturated heterocycles. The molecule has 0 radical (unpaired) electrons. The fraction of sp³-hybridized carbons (Fsp3) is 0.393. The number of thiocarbonyl (C=S) groups is 1. The molecular formula is C28H35N3OS. The van der Waals surface area contributed by atoms with Crippen molar-refractivity contribution in [2.24, 2.45) is 0 Å². The van der Waals surface area contributed by atoms with Gasteiger partial charge < -0.3 is 19.5 Å². The van der Waals surface area contributed by atoms with Gasteiger partial charge in [-0.25, -0.2) is 0 Å². The van der Waals surface area contributed by atoms with Crippen LogP contribution in [0, 0.1) is 0 Å². The van der Waals surface area contributed by atoms with Crippen LogP contribution in [0.2, 0.25) is 0 Å². The lowest BCUT2D eigenvalue weighted by molar-refractivity contribution is 0.360. The standard InChI is InChI=1S/C28H35N3OS/c1-3-5-15-30-16-7-10-24-18-23(13-14-27(24)30)20-31(21-26-12-8-17-32-26)28(33)29-25-11-6-9-22(4-2)19-25/h6,8-9,11-14,17-19H,3-5,7,10,15-16,20-21H2,1-2H3,(H,29,33). The number of nitrogens with zero attached hydrogens (tertiary/aromatic N) is 2. The summed E-state index contributed by atoms with van der Waals surface area (Å²) in [6, 6.07) is 19.3. The van der Waals surface area contributed by atoms with Crippen molar-refractivity contribution in [1.82, 2.24) is 4.90 Å². The Balaban J connectivity index is 1.52. The second-order valence-corrected chi connectivity index (χ2v) is 9.21. The van der Waals surface area contributed by atoms with E-state index in [9.17, 15) is 0 Å². The Morgan fingerprint density at radius 1 is 1.06 bits per heavy atom. The molecular weight excluding hydrogens is 426 g/mol. The van der Waals surface area contributed by atoms with Crippen molar-refractivity contribution in [3.05, 3.63) is 83.3 Å². The molecule has 0 saturated carbocycles. The Bertz CT molecular complexity index is 1050. The van der Waals surface area contributed by atoms with Crippen molar-refractivity contribution in [3.8, 4) is 0 Å². The van der Waals surface area contributed by atoms with Crippen LogP contribution in [0.15, 0.2) is 65.3 Å². The lowest BCUT2D eigenvalue weighted by atomic mass is 9.98. The molecule has 0 fully saturated rings. The average Bonchev–Trinajstić information content (AvgIpc) is 3.35. The molecule has 1 aliphatic rings. The number of furan rings is 1. The minimum atomic E-state index is 0.631. The van der Waals surface area contributed by atoms with Gasteiger partial charge in [0.15, 0.2) is 5.11 Å². The summed E-state index contributed by atoms with van der Waals surface area (Å²) in [6.07, 6.45) is 7.58. The highest BCUT2D eigenvalue weighted by atomic mass is 32.1. The Morgan fingerprint density at radius 2 is 1.97 bits per heavy atom. The van der Waals surface area contributed by atoms with Gasteiger partial charge in [-0.05, 0) is 84.9 Å². The van der Waals surface area contributed by atoms with E-state index in [1.54, 1.807) is 6.26 Å². The molecule has 2 aromatic carbocycles. The molecule has 0 bridgehead atoms. The Labute approximate surface area is 203 Å². The molecule has 0 spiro atoms. The first-order chi connectivity index (χ1) is 16.2. The number of nitrogens with one attached hydrogen (secondary N) is 1. The first-order valence-corrected chi connectivity index (χ1v) is 12.6. The van der Waals surface area contributed by atoms with Gasteiger partial charge in [0.2, 0.25) is 0 Å². The molecule has 0 unspecified atom stereocenters. The number of aryl methyl sites for hydroxylation is 2. The van der Waals surface area contributed by atoms with Crippen molar-refractivity contribution in [2.45, 2.75) is 59.0 Å². The van der Waals surface area contributed by atoms with E-state index >= 15 is 0 Å². The quantitative estimate of drug-likeness (QED) is 0.355. The van der Waals surface area contributed by atoms with Gasteiger partial charge in [0.05, 0.1) is 12.8 Å². The number of fused-ring (bicyclic) bond motifs is 1. The van der Waals surface area contributed by atoms with E-state index in [4.69, 9.17) is 16.6 Å². The summed E-state index contributed by atoms with van der Waals surface area (Å²) in [7, 11) is 0. The molecule has 3 aromatic rings. The van der Waals surface area contributed by atoms with Crippen molar-refractivity contribution in [2.75, 3.05) is 23.3 Å². The molecule has 2 heterocycles. The molecule has 4 nitrogen and oxygen atoms in total. The highest BCUT2D eigenvalue weighted by Gasteiger charge is 2.19. The highest BCUT2D eigenvalue weighted by Crippen LogP contribution is 2.29. The number of rotatable bonds is 9. The van der Waals surface area contributed by atoms with E-state index in [1.165, 1.54) is 48.2 Å². The second kappa shape index (κ2) is 11.4. The van der Waals surface area contributed by atoms with Gasteiger partial charge in [-0.15, -0.1) is 0 Å². The first-order valence-electron chi connectivity index (χ1n) is 12.2. The largest absolute Gasteiger partial charge is 0.467 e. The number of unbranched alkanes of at least 4 members (excludes halogenated alkanes) is 1. The monoisotopic (exact) mass is 461 g/mol. The van der Waals surface area contributed by atoms with E-state index in [0.717, 1.165) is 37.4 Å². The predicted octanol–water partition coefficient (Wildman–Crippen LogP) is 6.79. The number of hydrogen-bond acceptors (Lipinski definition) is 3. The Kier molecular flexibility index (Phi) is 8.05. The van der Waals surface area contributed by atoms with Crippen LogP contribution in [0.25, 0.3) is 0 Å². The zero-order chi connectivity index (χ0) is 23.0. The third kappa shape index (κ3) is 6.17. The lowest BCUT2D eigenvalue weighted by Gasteiger charge is -2.32. The molecule has 0 amide bonds. The SMILES string of the molecule is CCCCN1CCCc2cc(CN(Cc3ccco3)C(=S)Nc3cccc(CC)c3)ccc21. The van der Waals surface area contributed by atoms with E-state index in [1.807, 2.05) is 12.1 Å². The molecule has 4 rings (SSSR count). The van der Waals surface area contributed by atoms with Gasteiger partial charge in [0.1, 0.15) is 5.76 Å². The smallest absolute Gasteiger partial charge is 0.174 e. The molecule has 0 atom stereocenters. The van der Waals surface area contributed by atoms with Crippen LogP contribution in [-0.4, -0.2) is 23.1 Å². The van der Waals surface area contributed by atoms with E-state index in [0.29, 0.717) is 11.7 Å². The van der Waals surface area contributed by atoms with Gasteiger partial charge in [-0.1, -0.05) is 44.5 Å². The summed E-state index contributed by atoms with van der Waals surface area (Å²) >= 11 is 5.86. The van der Waals surface area contributed by atoms with Crippen molar-refractivity contribution in [1.29, 1.82) is 0 Å². The number of hydrogen-bond donors (Lipinski definition) is 1. The van der Waals surface area contributed by atoms with Crippen molar-refractivity contribution < 1.29 is 4.42 Å².